The number of rotatable bonds is 1. The summed E-state index contributed by atoms with van der Waals surface area (Å²) in [6.45, 7) is 0. The van der Waals surface area contributed by atoms with E-state index in [0.717, 1.165) is 15.0 Å². The second-order valence-electron chi connectivity index (χ2n) is 2.58. The molecule has 0 amide bonds. The molecular formula is C9H7BrN2S. The molecule has 2 N–H and O–H groups in total. The second kappa shape index (κ2) is 3.47. The summed E-state index contributed by atoms with van der Waals surface area (Å²) in [6.07, 6.45) is 0. The van der Waals surface area contributed by atoms with Gasteiger partial charge in [0.25, 0.3) is 0 Å². The van der Waals surface area contributed by atoms with Gasteiger partial charge in [-0.05, 0) is 12.1 Å². The lowest BCUT2D eigenvalue weighted by Gasteiger charge is -1.94. The topological polar surface area (TPSA) is 38.9 Å². The molecule has 0 atom stereocenters. The summed E-state index contributed by atoms with van der Waals surface area (Å²) in [6, 6.07) is 8.02. The zero-order valence-corrected chi connectivity index (χ0v) is 9.10. The molecule has 1 aromatic carbocycles. The Morgan fingerprint density at radius 3 is 2.46 bits per heavy atom. The van der Waals surface area contributed by atoms with Gasteiger partial charge in [-0.2, -0.15) is 0 Å². The highest BCUT2D eigenvalue weighted by Gasteiger charge is 2.01. The molecule has 0 spiro atoms. The van der Waals surface area contributed by atoms with Gasteiger partial charge < -0.3 is 5.73 Å². The molecule has 0 aliphatic rings. The number of halogens is 1. The van der Waals surface area contributed by atoms with Crippen LogP contribution in [0.2, 0.25) is 0 Å². The molecule has 2 aromatic rings. The standard InChI is InChI=1S/C9H7BrN2S/c10-7-3-1-6(2-4-7)9-12-8(11)5-13-9/h1-5H,11H2. The van der Waals surface area contributed by atoms with Crippen molar-refractivity contribution in [1.82, 2.24) is 4.98 Å². The molecule has 0 saturated heterocycles. The highest BCUT2D eigenvalue weighted by atomic mass is 79.9. The van der Waals surface area contributed by atoms with Gasteiger partial charge >= 0.3 is 0 Å². The SMILES string of the molecule is Nc1csc(-c2ccc(Br)cc2)n1. The van der Waals surface area contributed by atoms with Gasteiger partial charge in [0.1, 0.15) is 10.8 Å². The number of aromatic nitrogens is 1. The Morgan fingerprint density at radius 1 is 1.23 bits per heavy atom. The van der Waals surface area contributed by atoms with Crippen LogP contribution in [-0.4, -0.2) is 4.98 Å². The maximum atomic E-state index is 5.54. The fraction of sp³-hybridized carbons (Fsp3) is 0. The molecule has 0 aliphatic carbocycles. The van der Waals surface area contributed by atoms with Crippen LogP contribution in [0.4, 0.5) is 5.82 Å². The first-order chi connectivity index (χ1) is 6.25. The van der Waals surface area contributed by atoms with E-state index in [-0.39, 0.29) is 0 Å². The quantitative estimate of drug-likeness (QED) is 0.850. The minimum Gasteiger partial charge on any atom is -0.383 e. The van der Waals surface area contributed by atoms with E-state index in [0.29, 0.717) is 5.82 Å². The summed E-state index contributed by atoms with van der Waals surface area (Å²) >= 11 is 4.94. The van der Waals surface area contributed by atoms with Gasteiger partial charge in [0.15, 0.2) is 0 Å². The van der Waals surface area contributed by atoms with Crippen molar-refractivity contribution in [2.45, 2.75) is 0 Å². The lowest BCUT2D eigenvalue weighted by atomic mass is 10.2. The summed E-state index contributed by atoms with van der Waals surface area (Å²) in [4.78, 5) is 4.19. The van der Waals surface area contributed by atoms with Crippen molar-refractivity contribution in [1.29, 1.82) is 0 Å². The fourth-order valence-corrected chi connectivity index (χ4v) is 1.99. The molecule has 4 heteroatoms. The number of hydrogen-bond donors (Lipinski definition) is 1. The maximum absolute atomic E-state index is 5.54. The number of anilines is 1. The molecule has 1 heterocycles. The summed E-state index contributed by atoms with van der Waals surface area (Å²) < 4.78 is 1.07. The highest BCUT2D eigenvalue weighted by Crippen LogP contribution is 2.25. The monoisotopic (exact) mass is 254 g/mol. The average Bonchev–Trinajstić information content (AvgIpc) is 2.53. The van der Waals surface area contributed by atoms with Gasteiger partial charge in [-0.1, -0.05) is 28.1 Å². The largest absolute Gasteiger partial charge is 0.383 e. The first-order valence-electron chi connectivity index (χ1n) is 3.72. The number of hydrogen-bond acceptors (Lipinski definition) is 3. The Kier molecular flexibility index (Phi) is 2.33. The Balaban J connectivity index is 2.41. The van der Waals surface area contributed by atoms with E-state index in [4.69, 9.17) is 5.73 Å². The van der Waals surface area contributed by atoms with Crippen molar-refractivity contribution in [2.75, 3.05) is 5.73 Å². The van der Waals surface area contributed by atoms with Gasteiger partial charge in [0.05, 0.1) is 0 Å². The van der Waals surface area contributed by atoms with Crippen LogP contribution < -0.4 is 5.73 Å². The van der Waals surface area contributed by atoms with Gasteiger partial charge in [-0.3, -0.25) is 0 Å². The van der Waals surface area contributed by atoms with E-state index in [9.17, 15) is 0 Å². The van der Waals surface area contributed by atoms with Crippen LogP contribution in [0, 0.1) is 0 Å². The number of nitrogens with zero attached hydrogens (tertiary/aromatic N) is 1. The molecule has 0 unspecified atom stereocenters. The zero-order valence-electron chi connectivity index (χ0n) is 6.70. The van der Waals surface area contributed by atoms with Crippen LogP contribution in [0.15, 0.2) is 34.1 Å². The molecule has 0 aliphatic heterocycles. The molecule has 0 fully saturated rings. The molecule has 0 bridgehead atoms. The summed E-state index contributed by atoms with van der Waals surface area (Å²) in [7, 11) is 0. The third-order valence-electron chi connectivity index (χ3n) is 1.61. The van der Waals surface area contributed by atoms with Crippen molar-refractivity contribution in [3.63, 3.8) is 0 Å². The third kappa shape index (κ3) is 1.89. The molecule has 2 rings (SSSR count). The van der Waals surface area contributed by atoms with E-state index in [1.54, 1.807) is 11.3 Å². The minimum atomic E-state index is 0.586. The third-order valence-corrected chi connectivity index (χ3v) is 3.05. The van der Waals surface area contributed by atoms with Crippen molar-refractivity contribution in [2.24, 2.45) is 0 Å². The lowest BCUT2D eigenvalue weighted by Crippen LogP contribution is -1.83. The number of thiazole rings is 1. The molecule has 0 saturated carbocycles. The number of nitrogen functional groups attached to an aromatic ring is 1. The van der Waals surface area contributed by atoms with Crippen molar-refractivity contribution in [3.8, 4) is 10.6 Å². The predicted molar refractivity (Wildman–Crippen MR) is 59.7 cm³/mol. The normalized spacial score (nSPS) is 10.2. The summed E-state index contributed by atoms with van der Waals surface area (Å²) in [5, 5.41) is 2.81. The predicted octanol–water partition coefficient (Wildman–Crippen LogP) is 3.15. The molecule has 66 valence electrons. The molecule has 2 nitrogen and oxygen atoms in total. The molecule has 0 radical (unpaired) electrons. The van der Waals surface area contributed by atoms with Crippen molar-refractivity contribution in [3.05, 3.63) is 34.1 Å². The van der Waals surface area contributed by atoms with Gasteiger partial charge in [0, 0.05) is 15.4 Å². The van der Waals surface area contributed by atoms with Gasteiger partial charge in [0.2, 0.25) is 0 Å². The first kappa shape index (κ1) is 8.72. The second-order valence-corrected chi connectivity index (χ2v) is 4.36. The van der Waals surface area contributed by atoms with Crippen molar-refractivity contribution < 1.29 is 0 Å². The Morgan fingerprint density at radius 2 is 1.92 bits per heavy atom. The van der Waals surface area contributed by atoms with Crippen LogP contribution in [0.25, 0.3) is 10.6 Å². The zero-order chi connectivity index (χ0) is 9.26. The molecule has 1 aromatic heterocycles. The fourth-order valence-electron chi connectivity index (χ4n) is 1.01. The van der Waals surface area contributed by atoms with Gasteiger partial charge in [-0.15, -0.1) is 11.3 Å². The Bertz CT molecular complexity index is 408. The van der Waals surface area contributed by atoms with E-state index < -0.39 is 0 Å². The van der Waals surface area contributed by atoms with Crippen LogP contribution in [0.3, 0.4) is 0 Å². The van der Waals surface area contributed by atoms with E-state index in [2.05, 4.69) is 20.9 Å². The van der Waals surface area contributed by atoms with E-state index in [1.165, 1.54) is 0 Å². The smallest absolute Gasteiger partial charge is 0.135 e. The maximum Gasteiger partial charge on any atom is 0.135 e. The van der Waals surface area contributed by atoms with Crippen molar-refractivity contribution >= 4 is 33.1 Å². The highest BCUT2D eigenvalue weighted by molar-refractivity contribution is 9.10. The first-order valence-corrected chi connectivity index (χ1v) is 5.40. The van der Waals surface area contributed by atoms with E-state index >= 15 is 0 Å². The van der Waals surface area contributed by atoms with Crippen LogP contribution in [0.1, 0.15) is 0 Å². The number of nitrogens with two attached hydrogens (primary N) is 1. The molecule has 13 heavy (non-hydrogen) atoms. The average molecular weight is 255 g/mol. The molecular weight excluding hydrogens is 248 g/mol. The van der Waals surface area contributed by atoms with Crippen LogP contribution in [-0.2, 0) is 0 Å². The Labute approximate surface area is 88.6 Å². The van der Waals surface area contributed by atoms with Crippen LogP contribution >= 0.6 is 27.3 Å². The summed E-state index contributed by atoms with van der Waals surface area (Å²) in [5.41, 5.74) is 6.64. The van der Waals surface area contributed by atoms with Crippen LogP contribution in [0.5, 0.6) is 0 Å². The Hall–Kier alpha value is -0.870. The summed E-state index contributed by atoms with van der Waals surface area (Å²) in [5.74, 6) is 0.586. The lowest BCUT2D eigenvalue weighted by molar-refractivity contribution is 1.41. The minimum absolute atomic E-state index is 0.586. The number of benzene rings is 1. The van der Waals surface area contributed by atoms with E-state index in [1.807, 2.05) is 29.6 Å². The van der Waals surface area contributed by atoms with Gasteiger partial charge in [-0.25, -0.2) is 4.98 Å².